The Morgan fingerprint density at radius 2 is 2.04 bits per heavy atom. The third-order valence-electron chi connectivity index (χ3n) is 3.88. The van der Waals surface area contributed by atoms with Gasteiger partial charge < -0.3 is 9.88 Å². The molecule has 1 aromatic heterocycles. The van der Waals surface area contributed by atoms with E-state index in [1.165, 1.54) is 11.8 Å². The van der Waals surface area contributed by atoms with Crippen LogP contribution in [0, 0.1) is 6.92 Å². The summed E-state index contributed by atoms with van der Waals surface area (Å²) in [5, 5.41) is 13.9. The van der Waals surface area contributed by atoms with Gasteiger partial charge in [0.2, 0.25) is 5.91 Å². The van der Waals surface area contributed by atoms with Crippen LogP contribution < -0.4 is 5.32 Å². The van der Waals surface area contributed by atoms with E-state index in [2.05, 4.69) is 22.1 Å². The van der Waals surface area contributed by atoms with Crippen molar-refractivity contribution in [2.75, 3.05) is 5.32 Å². The van der Waals surface area contributed by atoms with Crippen LogP contribution in [0.25, 0.3) is 10.8 Å². The molecule has 0 bridgehead atoms. The number of aromatic nitrogens is 3. The van der Waals surface area contributed by atoms with Gasteiger partial charge in [0.05, 0.1) is 5.25 Å². The molecule has 0 aliphatic heterocycles. The van der Waals surface area contributed by atoms with Crippen LogP contribution >= 0.6 is 11.8 Å². The van der Waals surface area contributed by atoms with Crippen molar-refractivity contribution in [2.45, 2.75) is 30.8 Å². The Kier molecular flexibility index (Phi) is 5.19. The van der Waals surface area contributed by atoms with E-state index in [4.69, 9.17) is 0 Å². The molecule has 0 fully saturated rings. The molecule has 0 spiro atoms. The molecular weight excluding hydrogens is 332 g/mol. The largest absolute Gasteiger partial charge is 0.325 e. The standard InChI is InChI=1S/C19H20N4OS/c1-4-11-23-14(3)21-22-19(23)25-13(2)18(24)20-17-10-9-15-7-5-6-8-16(15)12-17/h4-10,12-13H,1,11H2,2-3H3,(H,20,24)/t13-/m1/s1. The Bertz CT molecular complexity index is 919. The van der Waals surface area contributed by atoms with Gasteiger partial charge in [-0.2, -0.15) is 0 Å². The van der Waals surface area contributed by atoms with E-state index >= 15 is 0 Å². The minimum absolute atomic E-state index is 0.0638. The molecule has 5 nitrogen and oxygen atoms in total. The summed E-state index contributed by atoms with van der Waals surface area (Å²) in [5.41, 5.74) is 0.792. The predicted molar refractivity (Wildman–Crippen MR) is 103 cm³/mol. The molecule has 1 N–H and O–H groups in total. The molecule has 6 heteroatoms. The average molecular weight is 352 g/mol. The summed E-state index contributed by atoms with van der Waals surface area (Å²) >= 11 is 1.39. The van der Waals surface area contributed by atoms with Gasteiger partial charge in [0, 0.05) is 12.2 Å². The lowest BCUT2D eigenvalue weighted by Gasteiger charge is -2.13. The number of amides is 1. The van der Waals surface area contributed by atoms with E-state index < -0.39 is 0 Å². The van der Waals surface area contributed by atoms with E-state index in [1.54, 1.807) is 6.08 Å². The van der Waals surface area contributed by atoms with Crippen LogP contribution in [-0.2, 0) is 11.3 Å². The van der Waals surface area contributed by atoms with Crippen LogP contribution in [-0.4, -0.2) is 25.9 Å². The molecule has 25 heavy (non-hydrogen) atoms. The molecule has 0 saturated heterocycles. The molecule has 3 aromatic rings. The summed E-state index contributed by atoms with van der Waals surface area (Å²) in [5.74, 6) is 0.746. The van der Waals surface area contributed by atoms with Crippen LogP contribution in [0.1, 0.15) is 12.7 Å². The van der Waals surface area contributed by atoms with Gasteiger partial charge in [-0.05, 0) is 36.8 Å². The minimum Gasteiger partial charge on any atom is -0.325 e. The molecule has 0 unspecified atom stereocenters. The van der Waals surface area contributed by atoms with Crippen molar-refractivity contribution >= 4 is 34.1 Å². The molecule has 3 rings (SSSR count). The molecule has 1 amide bonds. The number of hydrogen-bond acceptors (Lipinski definition) is 4. The zero-order valence-corrected chi connectivity index (χ0v) is 15.1. The van der Waals surface area contributed by atoms with E-state index in [9.17, 15) is 4.79 Å². The summed E-state index contributed by atoms with van der Waals surface area (Å²) in [6.45, 7) is 8.13. The third kappa shape index (κ3) is 3.91. The van der Waals surface area contributed by atoms with Gasteiger partial charge in [0.15, 0.2) is 5.16 Å². The number of allylic oxidation sites excluding steroid dienone is 1. The summed E-state index contributed by atoms with van der Waals surface area (Å²) in [6, 6.07) is 14.0. The van der Waals surface area contributed by atoms with E-state index in [0.717, 1.165) is 27.4 Å². The lowest BCUT2D eigenvalue weighted by Crippen LogP contribution is -2.23. The Morgan fingerprint density at radius 1 is 1.28 bits per heavy atom. The first kappa shape index (κ1) is 17.2. The van der Waals surface area contributed by atoms with Gasteiger partial charge >= 0.3 is 0 Å². The number of anilines is 1. The topological polar surface area (TPSA) is 59.8 Å². The van der Waals surface area contributed by atoms with Crippen LogP contribution in [0.5, 0.6) is 0 Å². The van der Waals surface area contributed by atoms with E-state index in [0.29, 0.717) is 6.54 Å². The van der Waals surface area contributed by atoms with Crippen LogP contribution in [0.2, 0.25) is 0 Å². The number of rotatable bonds is 6. The van der Waals surface area contributed by atoms with Crippen LogP contribution in [0.4, 0.5) is 5.69 Å². The number of carbonyl (C=O) groups is 1. The van der Waals surface area contributed by atoms with Crippen molar-refractivity contribution < 1.29 is 4.79 Å². The fourth-order valence-electron chi connectivity index (χ4n) is 2.51. The summed E-state index contributed by atoms with van der Waals surface area (Å²) in [4.78, 5) is 12.5. The molecule has 0 aliphatic carbocycles. The van der Waals surface area contributed by atoms with Crippen molar-refractivity contribution in [3.8, 4) is 0 Å². The number of aryl methyl sites for hydroxylation is 1. The molecule has 0 aliphatic rings. The maximum absolute atomic E-state index is 12.5. The van der Waals surface area contributed by atoms with Crippen molar-refractivity contribution in [1.82, 2.24) is 14.8 Å². The van der Waals surface area contributed by atoms with E-state index in [1.807, 2.05) is 60.9 Å². The monoisotopic (exact) mass is 352 g/mol. The molecule has 2 aromatic carbocycles. The predicted octanol–water partition coefficient (Wildman–Crippen LogP) is 4.05. The van der Waals surface area contributed by atoms with Gasteiger partial charge in [-0.25, -0.2) is 0 Å². The second-order valence-corrected chi connectivity index (χ2v) is 7.05. The van der Waals surface area contributed by atoms with Crippen LogP contribution in [0.3, 0.4) is 0 Å². The molecular formula is C19H20N4OS. The Morgan fingerprint density at radius 3 is 2.80 bits per heavy atom. The highest BCUT2D eigenvalue weighted by atomic mass is 32.2. The SMILES string of the molecule is C=CCn1c(C)nnc1S[C@H](C)C(=O)Nc1ccc2ccccc2c1. The molecule has 0 radical (unpaired) electrons. The first-order valence-electron chi connectivity index (χ1n) is 8.05. The van der Waals surface area contributed by atoms with Crippen LogP contribution in [0.15, 0.2) is 60.3 Å². The van der Waals surface area contributed by atoms with Crippen molar-refractivity contribution in [1.29, 1.82) is 0 Å². The lowest BCUT2D eigenvalue weighted by atomic mass is 10.1. The number of nitrogens with one attached hydrogen (secondary N) is 1. The number of carbonyl (C=O) groups excluding carboxylic acids is 1. The second-order valence-electron chi connectivity index (χ2n) is 5.74. The maximum Gasteiger partial charge on any atom is 0.237 e. The first-order valence-corrected chi connectivity index (χ1v) is 8.93. The smallest absolute Gasteiger partial charge is 0.237 e. The van der Waals surface area contributed by atoms with Crippen molar-refractivity contribution in [3.05, 3.63) is 60.9 Å². The number of hydrogen-bond donors (Lipinski definition) is 1. The highest BCUT2D eigenvalue weighted by Gasteiger charge is 2.19. The van der Waals surface area contributed by atoms with Gasteiger partial charge in [-0.15, -0.1) is 16.8 Å². The third-order valence-corrected chi connectivity index (χ3v) is 4.96. The molecule has 1 atom stereocenters. The fraction of sp³-hybridized carbons (Fsp3) is 0.211. The van der Waals surface area contributed by atoms with Gasteiger partial charge in [0.25, 0.3) is 0 Å². The highest BCUT2D eigenvalue weighted by molar-refractivity contribution is 8.00. The number of benzene rings is 2. The molecule has 1 heterocycles. The van der Waals surface area contributed by atoms with Gasteiger partial charge in [-0.1, -0.05) is 48.2 Å². The fourth-order valence-corrected chi connectivity index (χ4v) is 3.41. The summed E-state index contributed by atoms with van der Waals surface area (Å²) in [7, 11) is 0. The number of nitrogens with zero attached hydrogens (tertiary/aromatic N) is 3. The number of fused-ring (bicyclic) bond motifs is 1. The normalized spacial score (nSPS) is 12.1. The zero-order valence-electron chi connectivity index (χ0n) is 14.3. The first-order chi connectivity index (χ1) is 12.1. The Balaban J connectivity index is 1.70. The Hall–Kier alpha value is -2.60. The maximum atomic E-state index is 12.5. The van der Waals surface area contributed by atoms with Gasteiger partial charge in [0.1, 0.15) is 5.82 Å². The molecule has 0 saturated carbocycles. The lowest BCUT2D eigenvalue weighted by molar-refractivity contribution is -0.115. The van der Waals surface area contributed by atoms with Crippen molar-refractivity contribution in [2.24, 2.45) is 0 Å². The van der Waals surface area contributed by atoms with Gasteiger partial charge in [-0.3, -0.25) is 4.79 Å². The minimum atomic E-state index is -0.293. The number of thioether (sulfide) groups is 1. The van der Waals surface area contributed by atoms with E-state index in [-0.39, 0.29) is 11.2 Å². The summed E-state index contributed by atoms with van der Waals surface area (Å²) < 4.78 is 1.94. The zero-order chi connectivity index (χ0) is 17.8. The summed E-state index contributed by atoms with van der Waals surface area (Å²) in [6.07, 6.45) is 1.79. The van der Waals surface area contributed by atoms with Crippen molar-refractivity contribution in [3.63, 3.8) is 0 Å². The average Bonchev–Trinajstić information content (AvgIpc) is 2.95. The molecule has 128 valence electrons. The highest BCUT2D eigenvalue weighted by Crippen LogP contribution is 2.24. The quantitative estimate of drug-likeness (QED) is 0.537. The second kappa shape index (κ2) is 7.53. The Labute approximate surface area is 151 Å².